The summed E-state index contributed by atoms with van der Waals surface area (Å²) in [5, 5.41) is 1.46. The summed E-state index contributed by atoms with van der Waals surface area (Å²) < 4.78 is 1.97. The summed E-state index contributed by atoms with van der Waals surface area (Å²) >= 11 is 6.40. The number of hydrogen-bond donors (Lipinski definition) is 0. The van der Waals surface area contributed by atoms with Crippen LogP contribution >= 0.6 is 11.6 Å². The minimum absolute atomic E-state index is 0.0991. The van der Waals surface area contributed by atoms with E-state index in [2.05, 4.69) is 0 Å². The number of halogens is 1. The number of nitrogens with zero attached hydrogens (tertiary/aromatic N) is 1. The van der Waals surface area contributed by atoms with Crippen molar-refractivity contribution in [3.05, 3.63) is 70.4 Å². The Labute approximate surface area is 150 Å². The summed E-state index contributed by atoms with van der Waals surface area (Å²) in [4.78, 5) is 25.3. The molecule has 1 aliphatic carbocycles. The normalized spacial score (nSPS) is 14.8. The van der Waals surface area contributed by atoms with Crippen molar-refractivity contribution in [2.75, 3.05) is 0 Å². The first-order chi connectivity index (χ1) is 12.0. The van der Waals surface area contributed by atoms with Crippen molar-refractivity contribution in [1.29, 1.82) is 0 Å². The topological polar surface area (TPSA) is 39.1 Å². The van der Waals surface area contributed by atoms with E-state index in [1.807, 2.05) is 67.2 Å². The van der Waals surface area contributed by atoms with Gasteiger partial charge in [-0.1, -0.05) is 41.9 Å². The van der Waals surface area contributed by atoms with Gasteiger partial charge in [0.05, 0.1) is 6.42 Å². The molecule has 0 saturated carbocycles. The van der Waals surface area contributed by atoms with Crippen molar-refractivity contribution in [2.24, 2.45) is 7.05 Å². The number of hydrogen-bond acceptors (Lipinski definition) is 2. The molecule has 25 heavy (non-hydrogen) atoms. The molecule has 124 valence electrons. The molecule has 3 aromatic rings. The van der Waals surface area contributed by atoms with Crippen molar-refractivity contribution in [3.63, 3.8) is 0 Å². The molecule has 0 spiro atoms. The second-order valence-electron chi connectivity index (χ2n) is 6.43. The summed E-state index contributed by atoms with van der Waals surface area (Å²) in [6.07, 6.45) is 1.82. The predicted molar refractivity (Wildman–Crippen MR) is 101 cm³/mol. The summed E-state index contributed by atoms with van der Waals surface area (Å²) in [6, 6.07) is 13.4. The van der Waals surface area contributed by atoms with Gasteiger partial charge in [0.1, 0.15) is 0 Å². The number of para-hydroxylation sites is 1. The Hall–Kier alpha value is -2.65. The van der Waals surface area contributed by atoms with Crippen LogP contribution in [0.15, 0.2) is 48.7 Å². The first-order valence-corrected chi connectivity index (χ1v) is 8.47. The summed E-state index contributed by atoms with van der Waals surface area (Å²) in [6.45, 7) is 1.94. The summed E-state index contributed by atoms with van der Waals surface area (Å²) in [5.41, 5.74) is 4.37. The lowest BCUT2D eigenvalue weighted by Gasteiger charge is -2.08. The quantitative estimate of drug-likeness (QED) is 0.634. The molecule has 0 bridgehead atoms. The third-order valence-corrected chi connectivity index (χ3v) is 5.00. The fourth-order valence-electron chi connectivity index (χ4n) is 3.53. The van der Waals surface area contributed by atoms with Crippen molar-refractivity contribution >= 4 is 45.2 Å². The molecule has 4 heteroatoms. The van der Waals surface area contributed by atoms with Gasteiger partial charge < -0.3 is 4.57 Å². The zero-order chi connectivity index (χ0) is 17.7. The number of carbonyl (C=O) groups is 2. The standard InChI is InChI=1S/C21H16ClNO2/c1-12-7-8-14(16(22)9-12)20-18(24)10-19(25)21(20)15-11-23(2)17-6-4-3-5-13(15)17/h3-9,11H,10H2,1-2H3. The summed E-state index contributed by atoms with van der Waals surface area (Å²) in [5.74, 6) is -0.313. The first-order valence-electron chi connectivity index (χ1n) is 8.09. The second kappa shape index (κ2) is 5.71. The molecule has 1 aliphatic rings. The third-order valence-electron chi connectivity index (χ3n) is 4.69. The van der Waals surface area contributed by atoms with Crippen LogP contribution < -0.4 is 0 Å². The maximum absolute atomic E-state index is 12.7. The van der Waals surface area contributed by atoms with E-state index < -0.39 is 0 Å². The average molecular weight is 350 g/mol. The number of aryl methyl sites for hydroxylation is 2. The van der Waals surface area contributed by atoms with Crippen LogP contribution in [0.5, 0.6) is 0 Å². The van der Waals surface area contributed by atoms with Crippen molar-refractivity contribution in [2.45, 2.75) is 13.3 Å². The largest absolute Gasteiger partial charge is 0.350 e. The predicted octanol–water partition coefficient (Wildman–Crippen LogP) is 4.59. The molecule has 0 N–H and O–H groups in total. The third kappa shape index (κ3) is 2.43. The Morgan fingerprint density at radius 2 is 1.64 bits per heavy atom. The molecule has 4 rings (SSSR count). The number of aromatic nitrogens is 1. The Morgan fingerprint density at radius 1 is 0.960 bits per heavy atom. The van der Waals surface area contributed by atoms with E-state index in [0.717, 1.165) is 22.0 Å². The van der Waals surface area contributed by atoms with Crippen molar-refractivity contribution in [1.82, 2.24) is 4.57 Å². The molecule has 1 aromatic heterocycles. The van der Waals surface area contributed by atoms with Gasteiger partial charge >= 0.3 is 0 Å². The van der Waals surface area contributed by atoms with E-state index in [4.69, 9.17) is 11.6 Å². The molecule has 0 atom stereocenters. The van der Waals surface area contributed by atoms with E-state index >= 15 is 0 Å². The minimum Gasteiger partial charge on any atom is -0.350 e. The van der Waals surface area contributed by atoms with Crippen LogP contribution in [0.25, 0.3) is 22.0 Å². The van der Waals surface area contributed by atoms with Gasteiger partial charge in [-0.15, -0.1) is 0 Å². The highest BCUT2D eigenvalue weighted by atomic mass is 35.5. The Bertz CT molecular complexity index is 1090. The number of carbonyl (C=O) groups excluding carboxylic acids is 2. The molecular formula is C21H16ClNO2. The van der Waals surface area contributed by atoms with Crippen LogP contribution in [0.3, 0.4) is 0 Å². The smallest absolute Gasteiger partial charge is 0.172 e. The highest BCUT2D eigenvalue weighted by Gasteiger charge is 2.34. The lowest BCUT2D eigenvalue weighted by molar-refractivity contribution is -0.119. The number of fused-ring (bicyclic) bond motifs is 1. The molecule has 2 aromatic carbocycles. The maximum Gasteiger partial charge on any atom is 0.172 e. The highest BCUT2D eigenvalue weighted by Crippen LogP contribution is 2.40. The fourth-order valence-corrected chi connectivity index (χ4v) is 3.86. The van der Waals surface area contributed by atoms with E-state index in [1.54, 1.807) is 0 Å². The van der Waals surface area contributed by atoms with Gasteiger partial charge in [0.25, 0.3) is 0 Å². The van der Waals surface area contributed by atoms with Crippen LogP contribution in [0, 0.1) is 6.92 Å². The fraction of sp³-hybridized carbons (Fsp3) is 0.143. The van der Waals surface area contributed by atoms with Gasteiger partial charge in [0, 0.05) is 51.4 Å². The average Bonchev–Trinajstić information content (AvgIpc) is 3.04. The van der Waals surface area contributed by atoms with Gasteiger partial charge in [-0.05, 0) is 24.6 Å². The van der Waals surface area contributed by atoms with Gasteiger partial charge in [0.2, 0.25) is 0 Å². The Kier molecular flexibility index (Phi) is 3.62. The van der Waals surface area contributed by atoms with E-state index in [-0.39, 0.29) is 18.0 Å². The maximum atomic E-state index is 12.7. The van der Waals surface area contributed by atoms with Gasteiger partial charge in [-0.3, -0.25) is 9.59 Å². The van der Waals surface area contributed by atoms with Gasteiger partial charge in [0.15, 0.2) is 11.6 Å². The number of benzene rings is 2. The van der Waals surface area contributed by atoms with Crippen LogP contribution in [-0.2, 0) is 16.6 Å². The second-order valence-corrected chi connectivity index (χ2v) is 6.83. The molecule has 0 radical (unpaired) electrons. The SMILES string of the molecule is Cc1ccc(C2=C(c3cn(C)c4ccccc34)C(=O)CC2=O)c(Cl)c1. The molecule has 0 amide bonds. The Morgan fingerprint density at radius 3 is 2.36 bits per heavy atom. The molecule has 0 saturated heterocycles. The molecule has 0 aliphatic heterocycles. The molecule has 0 fully saturated rings. The Balaban J connectivity index is 2.06. The van der Waals surface area contributed by atoms with Gasteiger partial charge in [-0.25, -0.2) is 0 Å². The number of ketones is 2. The van der Waals surface area contributed by atoms with Crippen LogP contribution in [0.1, 0.15) is 23.1 Å². The van der Waals surface area contributed by atoms with Gasteiger partial charge in [-0.2, -0.15) is 0 Å². The lowest BCUT2D eigenvalue weighted by atomic mass is 9.95. The van der Waals surface area contributed by atoms with Crippen molar-refractivity contribution in [3.8, 4) is 0 Å². The molecule has 1 heterocycles. The first kappa shape index (κ1) is 15.9. The molecule has 3 nitrogen and oxygen atoms in total. The van der Waals surface area contributed by atoms with Crippen LogP contribution in [-0.4, -0.2) is 16.1 Å². The number of Topliss-reactive ketones (excluding diaryl/α,β-unsaturated/α-hetero) is 2. The van der Waals surface area contributed by atoms with E-state index in [0.29, 0.717) is 21.7 Å². The van der Waals surface area contributed by atoms with E-state index in [1.165, 1.54) is 0 Å². The van der Waals surface area contributed by atoms with Crippen LogP contribution in [0.2, 0.25) is 5.02 Å². The minimum atomic E-state index is -0.168. The number of rotatable bonds is 2. The van der Waals surface area contributed by atoms with E-state index in [9.17, 15) is 9.59 Å². The highest BCUT2D eigenvalue weighted by molar-refractivity contribution is 6.53. The summed E-state index contributed by atoms with van der Waals surface area (Å²) in [7, 11) is 1.94. The van der Waals surface area contributed by atoms with Crippen LogP contribution in [0.4, 0.5) is 0 Å². The number of allylic oxidation sites excluding steroid dienone is 2. The molecular weight excluding hydrogens is 334 g/mol. The zero-order valence-electron chi connectivity index (χ0n) is 14.0. The van der Waals surface area contributed by atoms with Crippen molar-refractivity contribution < 1.29 is 9.59 Å². The molecule has 0 unspecified atom stereocenters. The monoisotopic (exact) mass is 349 g/mol. The zero-order valence-corrected chi connectivity index (χ0v) is 14.7. The lowest BCUT2D eigenvalue weighted by Crippen LogP contribution is -1.97.